The SMILES string of the molecule is CCOc1ccc(S(=O)(=O)NCCC(CCO)c2ccsc2)cc1F. The van der Waals surface area contributed by atoms with Crippen LogP contribution in [0.25, 0.3) is 0 Å². The van der Waals surface area contributed by atoms with Gasteiger partial charge < -0.3 is 9.84 Å². The average molecular weight is 387 g/mol. The van der Waals surface area contributed by atoms with Crippen molar-refractivity contribution >= 4 is 21.4 Å². The molecule has 25 heavy (non-hydrogen) atoms. The van der Waals surface area contributed by atoms with E-state index in [-0.39, 0.29) is 29.7 Å². The molecule has 8 heteroatoms. The smallest absolute Gasteiger partial charge is 0.240 e. The topological polar surface area (TPSA) is 75.6 Å². The molecule has 138 valence electrons. The van der Waals surface area contributed by atoms with Crippen LogP contribution in [0.15, 0.2) is 39.9 Å². The van der Waals surface area contributed by atoms with E-state index in [4.69, 9.17) is 4.74 Å². The van der Waals surface area contributed by atoms with Crippen molar-refractivity contribution < 1.29 is 22.7 Å². The summed E-state index contributed by atoms with van der Waals surface area (Å²) in [4.78, 5) is -0.136. The number of benzene rings is 1. The highest BCUT2D eigenvalue weighted by Crippen LogP contribution is 2.25. The third-order valence-electron chi connectivity index (χ3n) is 3.79. The van der Waals surface area contributed by atoms with E-state index in [1.165, 1.54) is 12.1 Å². The highest BCUT2D eigenvalue weighted by Gasteiger charge is 2.18. The monoisotopic (exact) mass is 387 g/mol. The summed E-state index contributed by atoms with van der Waals surface area (Å²) in [5.74, 6) is -0.598. The van der Waals surface area contributed by atoms with Crippen molar-refractivity contribution in [1.82, 2.24) is 4.72 Å². The third kappa shape index (κ3) is 5.50. The zero-order chi connectivity index (χ0) is 18.3. The Labute approximate surface area is 151 Å². The lowest BCUT2D eigenvalue weighted by Gasteiger charge is -2.15. The molecule has 2 aromatic rings. The van der Waals surface area contributed by atoms with Crippen molar-refractivity contribution in [1.29, 1.82) is 0 Å². The second-order valence-electron chi connectivity index (χ2n) is 5.48. The summed E-state index contributed by atoms with van der Waals surface area (Å²) in [6.45, 7) is 2.27. The summed E-state index contributed by atoms with van der Waals surface area (Å²) in [6.07, 6.45) is 1.12. The van der Waals surface area contributed by atoms with E-state index < -0.39 is 15.8 Å². The fraction of sp³-hybridized carbons (Fsp3) is 0.412. The van der Waals surface area contributed by atoms with Gasteiger partial charge in [-0.05, 0) is 66.3 Å². The van der Waals surface area contributed by atoms with Gasteiger partial charge in [0, 0.05) is 13.2 Å². The van der Waals surface area contributed by atoms with Gasteiger partial charge in [0.1, 0.15) is 0 Å². The molecule has 1 atom stereocenters. The first-order valence-corrected chi connectivity index (χ1v) is 10.5. The van der Waals surface area contributed by atoms with Gasteiger partial charge in [-0.2, -0.15) is 11.3 Å². The van der Waals surface area contributed by atoms with Gasteiger partial charge in [-0.15, -0.1) is 0 Å². The molecular formula is C17H22FNO4S2. The Morgan fingerprint density at radius 1 is 1.32 bits per heavy atom. The van der Waals surface area contributed by atoms with Gasteiger partial charge in [0.05, 0.1) is 11.5 Å². The highest BCUT2D eigenvalue weighted by molar-refractivity contribution is 7.89. The van der Waals surface area contributed by atoms with E-state index in [0.717, 1.165) is 11.6 Å². The minimum absolute atomic E-state index is 0.0296. The van der Waals surface area contributed by atoms with Gasteiger partial charge in [0.2, 0.25) is 10.0 Å². The number of hydrogen-bond donors (Lipinski definition) is 2. The normalized spacial score (nSPS) is 12.9. The molecule has 0 bridgehead atoms. The van der Waals surface area contributed by atoms with Crippen LogP contribution in [0, 0.1) is 5.82 Å². The van der Waals surface area contributed by atoms with Crippen LogP contribution in [-0.4, -0.2) is 33.3 Å². The summed E-state index contributed by atoms with van der Waals surface area (Å²) in [5.41, 5.74) is 1.09. The zero-order valence-electron chi connectivity index (χ0n) is 13.9. The summed E-state index contributed by atoms with van der Waals surface area (Å²) in [5, 5.41) is 13.1. The number of ether oxygens (including phenoxy) is 1. The van der Waals surface area contributed by atoms with E-state index in [0.29, 0.717) is 19.4 Å². The van der Waals surface area contributed by atoms with Crippen molar-refractivity contribution in [2.75, 3.05) is 19.8 Å². The van der Waals surface area contributed by atoms with Crippen molar-refractivity contribution in [3.05, 3.63) is 46.4 Å². The number of nitrogens with one attached hydrogen (secondary N) is 1. The van der Waals surface area contributed by atoms with E-state index in [1.54, 1.807) is 18.3 Å². The number of sulfonamides is 1. The largest absolute Gasteiger partial charge is 0.491 e. The van der Waals surface area contributed by atoms with Crippen LogP contribution in [-0.2, 0) is 10.0 Å². The molecule has 0 amide bonds. The first-order chi connectivity index (χ1) is 12.0. The fourth-order valence-electron chi connectivity index (χ4n) is 2.51. The lowest BCUT2D eigenvalue weighted by Crippen LogP contribution is -2.26. The molecule has 1 heterocycles. The number of hydrogen-bond acceptors (Lipinski definition) is 5. The maximum absolute atomic E-state index is 13.9. The molecule has 2 N–H and O–H groups in total. The Kier molecular flexibility index (Phi) is 7.37. The van der Waals surface area contributed by atoms with Crippen molar-refractivity contribution in [3.8, 4) is 5.75 Å². The van der Waals surface area contributed by atoms with E-state index >= 15 is 0 Å². The van der Waals surface area contributed by atoms with Crippen LogP contribution in [0.1, 0.15) is 31.2 Å². The summed E-state index contributed by atoms with van der Waals surface area (Å²) in [6, 6.07) is 5.56. The number of aliphatic hydroxyl groups is 1. The Morgan fingerprint density at radius 3 is 2.72 bits per heavy atom. The molecule has 5 nitrogen and oxygen atoms in total. The van der Waals surface area contributed by atoms with Gasteiger partial charge >= 0.3 is 0 Å². The molecule has 0 aliphatic heterocycles. The quantitative estimate of drug-likeness (QED) is 0.657. The second-order valence-corrected chi connectivity index (χ2v) is 8.02. The van der Waals surface area contributed by atoms with Crippen molar-refractivity contribution in [2.24, 2.45) is 0 Å². The van der Waals surface area contributed by atoms with Gasteiger partial charge in [0.15, 0.2) is 11.6 Å². The van der Waals surface area contributed by atoms with Crippen LogP contribution >= 0.6 is 11.3 Å². The van der Waals surface area contributed by atoms with Gasteiger partial charge in [0.25, 0.3) is 0 Å². The third-order valence-corrected chi connectivity index (χ3v) is 5.95. The zero-order valence-corrected chi connectivity index (χ0v) is 15.6. The maximum atomic E-state index is 13.9. The molecule has 0 aliphatic carbocycles. The molecular weight excluding hydrogens is 365 g/mol. The number of thiophene rings is 1. The predicted molar refractivity (Wildman–Crippen MR) is 96.1 cm³/mol. The van der Waals surface area contributed by atoms with Gasteiger partial charge in [-0.3, -0.25) is 0 Å². The Balaban J connectivity index is 2.00. The average Bonchev–Trinajstić information content (AvgIpc) is 3.10. The molecule has 0 aliphatic rings. The van der Waals surface area contributed by atoms with Crippen LogP contribution in [0.2, 0.25) is 0 Å². The predicted octanol–water partition coefficient (Wildman–Crippen LogP) is 3.12. The molecule has 0 fully saturated rings. The molecule has 0 saturated heterocycles. The standard InChI is InChI=1S/C17H22FNO4S2/c1-2-23-17-4-3-15(11-16(17)18)25(21,22)19-8-5-13(6-9-20)14-7-10-24-12-14/h3-4,7,10-13,19-20H,2,5-6,8-9H2,1H3. The number of halogens is 1. The maximum Gasteiger partial charge on any atom is 0.240 e. The minimum atomic E-state index is -3.80. The van der Waals surface area contributed by atoms with E-state index in [1.807, 2.05) is 16.8 Å². The Hall–Kier alpha value is -1.48. The lowest BCUT2D eigenvalue weighted by atomic mass is 9.95. The van der Waals surface area contributed by atoms with Crippen LogP contribution in [0.4, 0.5) is 4.39 Å². The number of aliphatic hydroxyl groups excluding tert-OH is 1. The molecule has 0 spiro atoms. The summed E-state index contributed by atoms with van der Waals surface area (Å²) < 4.78 is 46.1. The highest BCUT2D eigenvalue weighted by atomic mass is 32.2. The molecule has 0 radical (unpaired) electrons. The Bertz CT molecular complexity index is 763. The van der Waals surface area contributed by atoms with Crippen molar-refractivity contribution in [3.63, 3.8) is 0 Å². The summed E-state index contributed by atoms with van der Waals surface area (Å²) in [7, 11) is -3.80. The summed E-state index contributed by atoms with van der Waals surface area (Å²) >= 11 is 1.56. The first kappa shape index (κ1) is 19.8. The van der Waals surface area contributed by atoms with Crippen molar-refractivity contribution in [2.45, 2.75) is 30.6 Å². The first-order valence-electron chi connectivity index (χ1n) is 8.03. The fourth-order valence-corrected chi connectivity index (χ4v) is 4.31. The lowest BCUT2D eigenvalue weighted by molar-refractivity contribution is 0.273. The molecule has 2 rings (SSSR count). The molecule has 0 saturated carbocycles. The molecule has 1 aromatic heterocycles. The second kappa shape index (κ2) is 9.28. The van der Waals surface area contributed by atoms with Crippen LogP contribution in [0.3, 0.4) is 0 Å². The minimum Gasteiger partial charge on any atom is -0.491 e. The van der Waals surface area contributed by atoms with Gasteiger partial charge in [-0.1, -0.05) is 0 Å². The van der Waals surface area contributed by atoms with E-state index in [9.17, 15) is 17.9 Å². The van der Waals surface area contributed by atoms with Crippen LogP contribution < -0.4 is 9.46 Å². The Morgan fingerprint density at radius 2 is 2.12 bits per heavy atom. The molecule has 1 aromatic carbocycles. The van der Waals surface area contributed by atoms with Crippen LogP contribution in [0.5, 0.6) is 5.75 Å². The number of rotatable bonds is 10. The van der Waals surface area contributed by atoms with Gasteiger partial charge in [-0.25, -0.2) is 17.5 Å². The molecule has 1 unspecified atom stereocenters. The van der Waals surface area contributed by atoms with E-state index in [2.05, 4.69) is 4.72 Å².